The molecule has 8 rings (SSSR count). The van der Waals surface area contributed by atoms with E-state index in [0.29, 0.717) is 11.4 Å². The summed E-state index contributed by atoms with van der Waals surface area (Å²) in [4.78, 5) is 14.2. The minimum atomic E-state index is 0.614. The standard InChI is InChI=1S/C40H24N4S/c41-24-26-7-9-29(10-8-26)36-23-37(44-40(43-36)31-17-13-28(14-18-31)33-4-3-21-42-25-33)30-15-11-27(12-16-30)32-19-20-39-35(22-32)34-5-1-2-6-38(34)45-39/h1-23,25H. The summed E-state index contributed by atoms with van der Waals surface area (Å²) >= 11 is 1.83. The van der Waals surface area contributed by atoms with Crippen LogP contribution in [0.3, 0.4) is 0 Å². The van der Waals surface area contributed by atoms with Gasteiger partial charge < -0.3 is 0 Å². The Morgan fingerprint density at radius 1 is 0.489 bits per heavy atom. The van der Waals surface area contributed by atoms with Gasteiger partial charge in [-0.05, 0) is 64.7 Å². The second-order valence-corrected chi connectivity index (χ2v) is 11.9. The summed E-state index contributed by atoms with van der Waals surface area (Å²) in [5, 5.41) is 11.9. The molecule has 0 aliphatic carbocycles. The predicted molar refractivity (Wildman–Crippen MR) is 185 cm³/mol. The highest BCUT2D eigenvalue weighted by Crippen LogP contribution is 2.37. The van der Waals surface area contributed by atoms with Crippen LogP contribution in [0.1, 0.15) is 5.56 Å². The maximum atomic E-state index is 9.30. The fourth-order valence-corrected chi connectivity index (χ4v) is 6.76. The van der Waals surface area contributed by atoms with E-state index in [0.717, 1.165) is 44.8 Å². The quantitative estimate of drug-likeness (QED) is 0.199. The van der Waals surface area contributed by atoms with E-state index in [9.17, 15) is 5.26 Å². The predicted octanol–water partition coefficient (Wildman–Crippen LogP) is 10.4. The second-order valence-electron chi connectivity index (χ2n) is 10.9. The molecule has 8 aromatic rings. The molecule has 0 saturated carbocycles. The number of fused-ring (bicyclic) bond motifs is 3. The molecule has 4 nitrogen and oxygen atoms in total. The van der Waals surface area contributed by atoms with Crippen molar-refractivity contribution < 1.29 is 0 Å². The third-order valence-electron chi connectivity index (χ3n) is 8.06. The number of nitrogens with zero attached hydrogens (tertiary/aromatic N) is 4. The Balaban J connectivity index is 1.18. The van der Waals surface area contributed by atoms with E-state index in [1.165, 1.54) is 25.7 Å². The van der Waals surface area contributed by atoms with E-state index in [4.69, 9.17) is 9.97 Å². The molecule has 5 heteroatoms. The number of pyridine rings is 1. The van der Waals surface area contributed by atoms with Crippen molar-refractivity contribution in [2.45, 2.75) is 0 Å². The lowest BCUT2D eigenvalue weighted by Gasteiger charge is -2.11. The molecule has 0 spiro atoms. The summed E-state index contributed by atoms with van der Waals surface area (Å²) in [6.45, 7) is 0. The number of hydrogen-bond acceptors (Lipinski definition) is 5. The fourth-order valence-electron chi connectivity index (χ4n) is 5.67. The first-order valence-electron chi connectivity index (χ1n) is 14.6. The molecule has 0 N–H and O–H groups in total. The Hall–Kier alpha value is -5.96. The van der Waals surface area contributed by atoms with Crippen LogP contribution in [0.5, 0.6) is 0 Å². The first-order valence-corrected chi connectivity index (χ1v) is 15.5. The summed E-state index contributed by atoms with van der Waals surface area (Å²) in [7, 11) is 0. The van der Waals surface area contributed by atoms with Crippen molar-refractivity contribution in [3.8, 4) is 62.2 Å². The molecule has 0 aliphatic rings. The van der Waals surface area contributed by atoms with Crippen molar-refractivity contribution >= 4 is 31.5 Å². The van der Waals surface area contributed by atoms with Crippen molar-refractivity contribution in [3.63, 3.8) is 0 Å². The van der Waals surface area contributed by atoms with Gasteiger partial charge in [0.1, 0.15) is 0 Å². The molecular weight excluding hydrogens is 569 g/mol. The van der Waals surface area contributed by atoms with E-state index < -0.39 is 0 Å². The maximum Gasteiger partial charge on any atom is 0.160 e. The van der Waals surface area contributed by atoms with Gasteiger partial charge in [-0.2, -0.15) is 5.26 Å². The molecule has 0 atom stereocenters. The largest absolute Gasteiger partial charge is 0.264 e. The average Bonchev–Trinajstić information content (AvgIpc) is 3.50. The highest BCUT2D eigenvalue weighted by molar-refractivity contribution is 7.25. The average molecular weight is 593 g/mol. The van der Waals surface area contributed by atoms with Crippen molar-refractivity contribution in [2.75, 3.05) is 0 Å². The van der Waals surface area contributed by atoms with Crippen LogP contribution in [0.2, 0.25) is 0 Å². The zero-order chi connectivity index (χ0) is 30.2. The highest BCUT2D eigenvalue weighted by atomic mass is 32.1. The third-order valence-corrected chi connectivity index (χ3v) is 9.22. The molecule has 0 amide bonds. The van der Waals surface area contributed by atoms with E-state index in [-0.39, 0.29) is 0 Å². The smallest absolute Gasteiger partial charge is 0.160 e. The van der Waals surface area contributed by atoms with Crippen LogP contribution in [0, 0.1) is 11.3 Å². The Kier molecular flexibility index (Phi) is 6.68. The molecule has 5 aromatic carbocycles. The molecule has 3 aromatic heterocycles. The van der Waals surface area contributed by atoms with Gasteiger partial charge in [-0.15, -0.1) is 11.3 Å². The Bertz CT molecular complexity index is 2350. The third kappa shape index (κ3) is 5.14. The van der Waals surface area contributed by atoms with Crippen molar-refractivity contribution in [3.05, 3.63) is 151 Å². The first-order chi connectivity index (χ1) is 22.2. The Morgan fingerprint density at radius 2 is 1.09 bits per heavy atom. The molecule has 0 unspecified atom stereocenters. The normalized spacial score (nSPS) is 11.1. The van der Waals surface area contributed by atoms with Crippen molar-refractivity contribution in [2.24, 2.45) is 0 Å². The van der Waals surface area contributed by atoms with Crippen LogP contribution in [-0.4, -0.2) is 15.0 Å². The first kappa shape index (κ1) is 26.7. The lowest BCUT2D eigenvalue weighted by Crippen LogP contribution is -1.96. The minimum absolute atomic E-state index is 0.614. The van der Waals surface area contributed by atoms with Gasteiger partial charge >= 0.3 is 0 Å². The lowest BCUT2D eigenvalue weighted by molar-refractivity contribution is 1.18. The monoisotopic (exact) mass is 592 g/mol. The number of hydrogen-bond donors (Lipinski definition) is 0. The zero-order valence-corrected chi connectivity index (χ0v) is 24.9. The summed E-state index contributed by atoms with van der Waals surface area (Å²) in [5.74, 6) is 0.642. The zero-order valence-electron chi connectivity index (χ0n) is 24.1. The van der Waals surface area contributed by atoms with Crippen molar-refractivity contribution in [1.82, 2.24) is 15.0 Å². The van der Waals surface area contributed by atoms with Crippen LogP contribution in [-0.2, 0) is 0 Å². The highest BCUT2D eigenvalue weighted by Gasteiger charge is 2.12. The van der Waals surface area contributed by atoms with Gasteiger partial charge in [-0.3, -0.25) is 4.98 Å². The van der Waals surface area contributed by atoms with Gasteiger partial charge in [0.15, 0.2) is 5.82 Å². The SMILES string of the molecule is N#Cc1ccc(-c2cc(-c3ccc(-c4ccc5sc6ccccc6c5c4)cc3)nc(-c3ccc(-c4cccnc4)cc3)n2)cc1. The molecule has 0 saturated heterocycles. The molecule has 3 heterocycles. The summed E-state index contributed by atoms with van der Waals surface area (Å²) in [6, 6.07) is 47.9. The number of aromatic nitrogens is 3. The summed E-state index contributed by atoms with van der Waals surface area (Å²) in [5.41, 5.74) is 9.59. The van der Waals surface area contributed by atoms with Crippen LogP contribution in [0.4, 0.5) is 0 Å². The molecule has 0 bridgehead atoms. The second kappa shape index (κ2) is 11.3. The summed E-state index contributed by atoms with van der Waals surface area (Å²) in [6.07, 6.45) is 3.64. The fraction of sp³-hybridized carbons (Fsp3) is 0. The van der Waals surface area contributed by atoms with E-state index >= 15 is 0 Å². The van der Waals surface area contributed by atoms with Gasteiger partial charge in [0.25, 0.3) is 0 Å². The van der Waals surface area contributed by atoms with Gasteiger partial charge in [0.2, 0.25) is 0 Å². The van der Waals surface area contributed by atoms with Crippen LogP contribution >= 0.6 is 11.3 Å². The number of thiophene rings is 1. The number of rotatable bonds is 5. The Morgan fingerprint density at radius 3 is 1.78 bits per heavy atom. The number of benzene rings is 5. The van der Waals surface area contributed by atoms with E-state index in [1.807, 2.05) is 60.0 Å². The van der Waals surface area contributed by atoms with Gasteiger partial charge in [0.05, 0.1) is 23.0 Å². The van der Waals surface area contributed by atoms with E-state index in [1.54, 1.807) is 6.20 Å². The van der Waals surface area contributed by atoms with Gasteiger partial charge in [-0.1, -0.05) is 91.0 Å². The van der Waals surface area contributed by atoms with Crippen molar-refractivity contribution in [1.29, 1.82) is 5.26 Å². The molecule has 210 valence electrons. The molecule has 0 aliphatic heterocycles. The molecular formula is C40H24N4S. The summed E-state index contributed by atoms with van der Waals surface area (Å²) < 4.78 is 2.61. The van der Waals surface area contributed by atoms with Gasteiger partial charge in [0, 0.05) is 49.3 Å². The van der Waals surface area contributed by atoms with Crippen LogP contribution < -0.4 is 0 Å². The molecule has 0 radical (unpaired) electrons. The Labute approximate surface area is 264 Å². The molecule has 0 fully saturated rings. The van der Waals surface area contributed by atoms with Crippen LogP contribution in [0.25, 0.3) is 76.3 Å². The van der Waals surface area contributed by atoms with Crippen LogP contribution in [0.15, 0.2) is 146 Å². The maximum absolute atomic E-state index is 9.30. The molecule has 45 heavy (non-hydrogen) atoms. The minimum Gasteiger partial charge on any atom is -0.264 e. The van der Waals surface area contributed by atoms with Gasteiger partial charge in [-0.25, -0.2) is 9.97 Å². The topological polar surface area (TPSA) is 62.5 Å². The lowest BCUT2D eigenvalue weighted by atomic mass is 10.00. The number of nitriles is 1. The van der Waals surface area contributed by atoms with E-state index in [2.05, 4.69) is 102 Å².